The zero-order chi connectivity index (χ0) is 13.1. The summed E-state index contributed by atoms with van der Waals surface area (Å²) in [6.45, 7) is 4.25. The van der Waals surface area contributed by atoms with Gasteiger partial charge in [0.1, 0.15) is 11.5 Å². The van der Waals surface area contributed by atoms with Crippen molar-refractivity contribution in [2.45, 2.75) is 20.3 Å². The fourth-order valence-electron chi connectivity index (χ4n) is 1.66. The molecule has 0 bridgehead atoms. The molecule has 0 radical (unpaired) electrons. The third-order valence-corrected chi connectivity index (χ3v) is 2.67. The maximum absolute atomic E-state index is 13.0. The fourth-order valence-corrected chi connectivity index (χ4v) is 1.66. The van der Waals surface area contributed by atoms with Crippen LogP contribution in [0.5, 0.6) is 0 Å². The summed E-state index contributed by atoms with van der Waals surface area (Å²) in [6, 6.07) is 3.01. The summed E-state index contributed by atoms with van der Waals surface area (Å²) in [5, 5.41) is 2.82. The van der Waals surface area contributed by atoms with E-state index in [1.54, 1.807) is 16.7 Å². The van der Waals surface area contributed by atoms with Gasteiger partial charge in [0.25, 0.3) is 0 Å². The Hall–Kier alpha value is -1.91. The Morgan fingerprint density at radius 3 is 2.94 bits per heavy atom. The number of rotatable bonds is 4. The van der Waals surface area contributed by atoms with Crippen LogP contribution >= 0.6 is 0 Å². The summed E-state index contributed by atoms with van der Waals surface area (Å²) < 4.78 is 14.6. The molecule has 18 heavy (non-hydrogen) atoms. The van der Waals surface area contributed by atoms with E-state index in [0.717, 1.165) is 5.69 Å². The number of imidazole rings is 1. The van der Waals surface area contributed by atoms with Crippen LogP contribution < -0.4 is 5.32 Å². The van der Waals surface area contributed by atoms with Gasteiger partial charge in [-0.25, -0.2) is 9.37 Å². The first kappa shape index (κ1) is 12.5. The van der Waals surface area contributed by atoms with E-state index in [4.69, 9.17) is 0 Å². The summed E-state index contributed by atoms with van der Waals surface area (Å²) >= 11 is 0. The average Bonchev–Trinajstić information content (AvgIpc) is 2.70. The lowest BCUT2D eigenvalue weighted by atomic mass is 10.2. The van der Waals surface area contributed by atoms with Crippen molar-refractivity contribution < 1.29 is 9.18 Å². The first-order valence-corrected chi connectivity index (χ1v) is 5.97. The molecular formula is C13H16FN3O. The summed E-state index contributed by atoms with van der Waals surface area (Å²) in [7, 11) is 0. The van der Waals surface area contributed by atoms with Gasteiger partial charge < -0.3 is 9.72 Å². The lowest BCUT2D eigenvalue weighted by Gasteiger charge is -2.05. The van der Waals surface area contributed by atoms with Gasteiger partial charge in [-0.15, -0.1) is 0 Å². The Morgan fingerprint density at radius 2 is 2.22 bits per heavy atom. The van der Waals surface area contributed by atoms with Crippen molar-refractivity contribution in [2.24, 2.45) is 5.92 Å². The number of carbonyl (C=O) groups excluding carboxylic acids is 1. The van der Waals surface area contributed by atoms with Gasteiger partial charge >= 0.3 is 0 Å². The quantitative estimate of drug-likeness (QED) is 0.898. The van der Waals surface area contributed by atoms with Crippen LogP contribution in [0.4, 0.5) is 4.39 Å². The molecule has 0 atom stereocenters. The van der Waals surface area contributed by atoms with E-state index < -0.39 is 0 Å². The van der Waals surface area contributed by atoms with Crippen molar-refractivity contribution >= 4 is 11.6 Å². The average molecular weight is 249 g/mol. The minimum atomic E-state index is -0.292. The van der Waals surface area contributed by atoms with Gasteiger partial charge in [0.05, 0.1) is 5.69 Å². The number of pyridine rings is 1. The van der Waals surface area contributed by atoms with Crippen LogP contribution in [0.15, 0.2) is 24.5 Å². The Bertz CT molecular complexity index is 562. The lowest BCUT2D eigenvalue weighted by Crippen LogP contribution is -2.29. The molecule has 0 saturated carbocycles. The van der Waals surface area contributed by atoms with Gasteiger partial charge in [-0.05, 0) is 12.1 Å². The van der Waals surface area contributed by atoms with Gasteiger partial charge in [0, 0.05) is 31.3 Å². The van der Waals surface area contributed by atoms with E-state index in [0.29, 0.717) is 18.6 Å². The Balaban J connectivity index is 1.98. The number of nitrogens with zero attached hydrogens (tertiary/aromatic N) is 2. The number of hydrogen-bond donors (Lipinski definition) is 1. The highest BCUT2D eigenvalue weighted by Gasteiger charge is 2.07. The summed E-state index contributed by atoms with van der Waals surface area (Å²) in [6.07, 6.45) is 3.81. The maximum Gasteiger partial charge on any atom is 0.222 e. The van der Waals surface area contributed by atoms with Crippen LogP contribution in [-0.2, 0) is 11.2 Å². The molecular weight excluding hydrogens is 233 g/mol. The standard InChI is InChI=1S/C13H16FN3O/c1-9(2)13(18)15-6-5-11-8-17-7-10(14)3-4-12(17)16-11/h3-4,7-9H,5-6H2,1-2H3,(H,15,18). The first-order valence-electron chi connectivity index (χ1n) is 5.97. The van der Waals surface area contributed by atoms with Crippen LogP contribution in [0.3, 0.4) is 0 Å². The number of fused-ring (bicyclic) bond motifs is 1. The van der Waals surface area contributed by atoms with Crippen molar-refractivity contribution in [3.05, 3.63) is 36.0 Å². The molecule has 0 aromatic carbocycles. The Kier molecular flexibility index (Phi) is 3.60. The molecule has 0 aliphatic carbocycles. The third kappa shape index (κ3) is 2.85. The fraction of sp³-hybridized carbons (Fsp3) is 0.385. The van der Waals surface area contributed by atoms with E-state index in [1.165, 1.54) is 12.3 Å². The SMILES string of the molecule is CC(C)C(=O)NCCc1cn2cc(F)ccc2n1. The van der Waals surface area contributed by atoms with Gasteiger partial charge in [-0.1, -0.05) is 13.8 Å². The smallest absolute Gasteiger partial charge is 0.222 e. The highest BCUT2D eigenvalue weighted by Crippen LogP contribution is 2.07. The molecule has 96 valence electrons. The zero-order valence-electron chi connectivity index (χ0n) is 10.5. The maximum atomic E-state index is 13.0. The highest BCUT2D eigenvalue weighted by atomic mass is 19.1. The highest BCUT2D eigenvalue weighted by molar-refractivity contribution is 5.77. The van der Waals surface area contributed by atoms with Crippen molar-refractivity contribution in [3.8, 4) is 0 Å². The Morgan fingerprint density at radius 1 is 1.44 bits per heavy atom. The summed E-state index contributed by atoms with van der Waals surface area (Å²) in [5.41, 5.74) is 1.55. The number of halogens is 1. The van der Waals surface area contributed by atoms with Crippen LogP contribution in [0, 0.1) is 11.7 Å². The molecule has 5 heteroatoms. The second-order valence-electron chi connectivity index (χ2n) is 4.54. The normalized spacial score (nSPS) is 11.1. The Labute approximate surface area is 105 Å². The van der Waals surface area contributed by atoms with Gasteiger partial charge in [-0.3, -0.25) is 4.79 Å². The zero-order valence-corrected chi connectivity index (χ0v) is 10.5. The van der Waals surface area contributed by atoms with E-state index >= 15 is 0 Å². The minimum absolute atomic E-state index is 0.0137. The number of nitrogens with one attached hydrogen (secondary N) is 1. The molecule has 1 amide bonds. The molecule has 0 aliphatic heterocycles. The number of aromatic nitrogens is 2. The monoisotopic (exact) mass is 249 g/mol. The molecule has 0 spiro atoms. The van der Waals surface area contributed by atoms with Gasteiger partial charge in [0.15, 0.2) is 0 Å². The summed E-state index contributed by atoms with van der Waals surface area (Å²) in [4.78, 5) is 15.7. The predicted octanol–water partition coefficient (Wildman–Crippen LogP) is 1.79. The van der Waals surface area contributed by atoms with E-state index in [2.05, 4.69) is 10.3 Å². The topological polar surface area (TPSA) is 46.4 Å². The molecule has 0 fully saturated rings. The minimum Gasteiger partial charge on any atom is -0.355 e. The van der Waals surface area contributed by atoms with E-state index in [-0.39, 0.29) is 17.6 Å². The molecule has 0 unspecified atom stereocenters. The summed E-state index contributed by atoms with van der Waals surface area (Å²) in [5.74, 6) is -0.274. The van der Waals surface area contributed by atoms with Crippen LogP contribution in [-0.4, -0.2) is 21.8 Å². The van der Waals surface area contributed by atoms with Crippen molar-refractivity contribution in [2.75, 3.05) is 6.54 Å². The van der Waals surface area contributed by atoms with Crippen LogP contribution in [0.2, 0.25) is 0 Å². The molecule has 2 rings (SSSR count). The van der Waals surface area contributed by atoms with Gasteiger partial charge in [0.2, 0.25) is 5.91 Å². The molecule has 4 nitrogen and oxygen atoms in total. The molecule has 1 N–H and O–H groups in total. The van der Waals surface area contributed by atoms with Crippen molar-refractivity contribution in [1.82, 2.24) is 14.7 Å². The van der Waals surface area contributed by atoms with Crippen LogP contribution in [0.25, 0.3) is 5.65 Å². The second-order valence-corrected chi connectivity index (χ2v) is 4.54. The number of amides is 1. The largest absolute Gasteiger partial charge is 0.355 e. The molecule has 2 heterocycles. The lowest BCUT2D eigenvalue weighted by molar-refractivity contribution is -0.123. The van der Waals surface area contributed by atoms with Crippen molar-refractivity contribution in [3.63, 3.8) is 0 Å². The van der Waals surface area contributed by atoms with E-state index in [1.807, 2.05) is 13.8 Å². The van der Waals surface area contributed by atoms with Gasteiger partial charge in [-0.2, -0.15) is 0 Å². The predicted molar refractivity (Wildman–Crippen MR) is 66.7 cm³/mol. The molecule has 0 saturated heterocycles. The van der Waals surface area contributed by atoms with Crippen molar-refractivity contribution in [1.29, 1.82) is 0 Å². The molecule has 2 aromatic heterocycles. The van der Waals surface area contributed by atoms with Crippen LogP contribution in [0.1, 0.15) is 19.5 Å². The van der Waals surface area contributed by atoms with E-state index in [9.17, 15) is 9.18 Å². The third-order valence-electron chi connectivity index (χ3n) is 2.67. The number of hydrogen-bond acceptors (Lipinski definition) is 2. The molecule has 0 aliphatic rings. The second kappa shape index (κ2) is 5.16. The first-order chi connectivity index (χ1) is 8.56. The molecule has 2 aromatic rings. The number of carbonyl (C=O) groups is 1.